The maximum Gasteiger partial charge on any atom is 0.411 e. The average molecular weight is 185 g/mol. The highest BCUT2D eigenvalue weighted by Gasteiger charge is 2.14. The number of allylic oxidation sites excluding steroid dienone is 1. The Kier molecular flexibility index (Phi) is 4.52. The van der Waals surface area contributed by atoms with E-state index in [1.54, 1.807) is 6.20 Å². The predicted octanol–water partition coefficient (Wildman–Crippen LogP) is 2.82. The molecule has 0 aliphatic heterocycles. The number of amides is 1. The highest BCUT2D eigenvalue weighted by molar-refractivity contribution is 5.68. The molecule has 0 spiro atoms. The topological polar surface area (TPSA) is 38.3 Å². The van der Waals surface area contributed by atoms with Crippen LogP contribution >= 0.6 is 0 Å². The minimum Gasteiger partial charge on any atom is -0.444 e. The van der Waals surface area contributed by atoms with Crippen LogP contribution in [0.25, 0.3) is 0 Å². The van der Waals surface area contributed by atoms with E-state index in [0.29, 0.717) is 0 Å². The molecule has 0 aromatic heterocycles. The third-order valence-electron chi connectivity index (χ3n) is 1.39. The van der Waals surface area contributed by atoms with E-state index in [9.17, 15) is 4.79 Å². The second-order valence-electron chi connectivity index (χ2n) is 3.99. The summed E-state index contributed by atoms with van der Waals surface area (Å²) in [4.78, 5) is 11.1. The van der Waals surface area contributed by atoms with E-state index in [-0.39, 0.29) is 0 Å². The Bertz CT molecular complexity index is 201. The van der Waals surface area contributed by atoms with Gasteiger partial charge < -0.3 is 4.74 Å². The molecular formula is C10H19NO2. The molecule has 0 unspecified atom stereocenters. The third-order valence-corrected chi connectivity index (χ3v) is 1.39. The van der Waals surface area contributed by atoms with Gasteiger partial charge in [-0.1, -0.05) is 12.5 Å². The van der Waals surface area contributed by atoms with Crippen molar-refractivity contribution < 1.29 is 9.53 Å². The summed E-state index contributed by atoms with van der Waals surface area (Å²) in [5.41, 5.74) is 0.684. The van der Waals surface area contributed by atoms with Crippen LogP contribution in [0.5, 0.6) is 0 Å². The number of nitrogens with one attached hydrogen (secondary N) is 1. The summed E-state index contributed by atoms with van der Waals surface area (Å²) in [6, 6.07) is 0. The van der Waals surface area contributed by atoms with Gasteiger partial charge in [0.25, 0.3) is 0 Å². The van der Waals surface area contributed by atoms with Crippen LogP contribution in [0.2, 0.25) is 0 Å². The molecule has 0 aliphatic carbocycles. The predicted molar refractivity (Wildman–Crippen MR) is 53.4 cm³/mol. The smallest absolute Gasteiger partial charge is 0.411 e. The summed E-state index contributed by atoms with van der Waals surface area (Å²) >= 11 is 0. The average Bonchev–Trinajstić information content (AvgIpc) is 1.97. The van der Waals surface area contributed by atoms with Crippen LogP contribution in [0.1, 0.15) is 41.0 Å². The lowest BCUT2D eigenvalue weighted by Gasteiger charge is -2.18. The number of carbonyl (C=O) groups excluding carboxylic acids is 1. The van der Waals surface area contributed by atoms with Gasteiger partial charge in [0.1, 0.15) is 5.60 Å². The van der Waals surface area contributed by atoms with Gasteiger partial charge in [-0.3, -0.25) is 5.32 Å². The van der Waals surface area contributed by atoms with Crippen LogP contribution < -0.4 is 5.32 Å². The van der Waals surface area contributed by atoms with Crippen molar-refractivity contribution in [1.82, 2.24) is 5.32 Å². The molecule has 0 bridgehead atoms. The summed E-state index contributed by atoms with van der Waals surface area (Å²) in [5.74, 6) is 0. The molecule has 0 saturated heterocycles. The molecule has 76 valence electrons. The first kappa shape index (κ1) is 12.0. The molecule has 1 N–H and O–H groups in total. The number of hydrogen-bond acceptors (Lipinski definition) is 2. The molecular weight excluding hydrogens is 166 g/mol. The summed E-state index contributed by atoms with van der Waals surface area (Å²) in [5, 5.41) is 2.57. The number of rotatable bonds is 2. The zero-order chi connectivity index (χ0) is 10.5. The van der Waals surface area contributed by atoms with Crippen molar-refractivity contribution in [3.05, 3.63) is 11.8 Å². The molecule has 3 nitrogen and oxygen atoms in total. The van der Waals surface area contributed by atoms with E-state index in [2.05, 4.69) is 5.32 Å². The van der Waals surface area contributed by atoms with Gasteiger partial charge in [0.05, 0.1) is 0 Å². The minimum absolute atomic E-state index is 0.403. The highest BCUT2D eigenvalue weighted by Crippen LogP contribution is 2.06. The summed E-state index contributed by atoms with van der Waals surface area (Å²) in [6.07, 6.45) is 2.20. The number of ether oxygens (including phenoxy) is 1. The quantitative estimate of drug-likeness (QED) is 0.718. The maximum absolute atomic E-state index is 11.1. The lowest BCUT2D eigenvalue weighted by atomic mass is 10.2. The van der Waals surface area contributed by atoms with Gasteiger partial charge in [0, 0.05) is 6.20 Å². The molecule has 0 aliphatic rings. The van der Waals surface area contributed by atoms with E-state index in [1.807, 2.05) is 34.6 Å². The molecule has 0 atom stereocenters. The number of hydrogen-bond donors (Lipinski definition) is 1. The first-order valence-corrected chi connectivity index (χ1v) is 4.50. The summed E-state index contributed by atoms with van der Waals surface area (Å²) < 4.78 is 5.04. The molecule has 0 aromatic rings. The van der Waals surface area contributed by atoms with Crippen molar-refractivity contribution in [3.8, 4) is 0 Å². The van der Waals surface area contributed by atoms with E-state index in [4.69, 9.17) is 4.74 Å². The van der Waals surface area contributed by atoms with Crippen molar-refractivity contribution in [2.24, 2.45) is 0 Å². The van der Waals surface area contributed by atoms with Crippen LogP contribution in [0.15, 0.2) is 11.8 Å². The molecule has 0 rings (SSSR count). The van der Waals surface area contributed by atoms with Crippen LogP contribution in [0.4, 0.5) is 4.79 Å². The van der Waals surface area contributed by atoms with Crippen molar-refractivity contribution in [1.29, 1.82) is 0 Å². The number of alkyl carbamates (subject to hydrolysis) is 1. The first-order valence-electron chi connectivity index (χ1n) is 4.50. The second kappa shape index (κ2) is 4.90. The molecule has 13 heavy (non-hydrogen) atoms. The van der Waals surface area contributed by atoms with E-state index >= 15 is 0 Å². The Morgan fingerprint density at radius 2 is 2.00 bits per heavy atom. The zero-order valence-corrected chi connectivity index (χ0v) is 9.10. The van der Waals surface area contributed by atoms with E-state index in [1.165, 1.54) is 0 Å². The van der Waals surface area contributed by atoms with Crippen LogP contribution in [0, 0.1) is 0 Å². The highest BCUT2D eigenvalue weighted by atomic mass is 16.6. The van der Waals surface area contributed by atoms with Gasteiger partial charge >= 0.3 is 6.09 Å². The van der Waals surface area contributed by atoms with Gasteiger partial charge in [-0.2, -0.15) is 0 Å². The van der Waals surface area contributed by atoms with Gasteiger partial charge in [0.2, 0.25) is 0 Å². The minimum atomic E-state index is -0.432. The van der Waals surface area contributed by atoms with Crippen LogP contribution in [-0.4, -0.2) is 11.7 Å². The lowest BCUT2D eigenvalue weighted by Crippen LogP contribution is -2.29. The SMILES string of the molecule is CC/C(C)=C/NC(=O)OC(C)(C)C. The van der Waals surface area contributed by atoms with Crippen molar-refractivity contribution in [3.63, 3.8) is 0 Å². The molecule has 0 fully saturated rings. The summed E-state index contributed by atoms with van der Waals surface area (Å²) in [6.45, 7) is 9.49. The fourth-order valence-electron chi connectivity index (χ4n) is 0.592. The Labute approximate surface area is 80.2 Å². The molecule has 0 saturated carbocycles. The molecule has 0 heterocycles. The molecule has 0 aromatic carbocycles. The van der Waals surface area contributed by atoms with Crippen molar-refractivity contribution in [2.45, 2.75) is 46.6 Å². The maximum atomic E-state index is 11.1. The summed E-state index contributed by atoms with van der Waals surface area (Å²) in [7, 11) is 0. The largest absolute Gasteiger partial charge is 0.444 e. The monoisotopic (exact) mass is 185 g/mol. The molecule has 3 heteroatoms. The fourth-order valence-corrected chi connectivity index (χ4v) is 0.592. The number of carbonyl (C=O) groups is 1. The first-order chi connectivity index (χ1) is 5.85. The van der Waals surface area contributed by atoms with E-state index < -0.39 is 11.7 Å². The van der Waals surface area contributed by atoms with Gasteiger partial charge in [-0.05, 0) is 34.1 Å². The molecule has 0 radical (unpaired) electrons. The van der Waals surface area contributed by atoms with Crippen LogP contribution in [0.3, 0.4) is 0 Å². The van der Waals surface area contributed by atoms with Crippen LogP contribution in [-0.2, 0) is 4.74 Å². The molecule has 1 amide bonds. The van der Waals surface area contributed by atoms with Crippen molar-refractivity contribution in [2.75, 3.05) is 0 Å². The second-order valence-corrected chi connectivity index (χ2v) is 3.99. The Morgan fingerprint density at radius 1 is 1.46 bits per heavy atom. The Balaban J connectivity index is 3.90. The fraction of sp³-hybridized carbons (Fsp3) is 0.700. The zero-order valence-electron chi connectivity index (χ0n) is 9.10. The van der Waals surface area contributed by atoms with Gasteiger partial charge in [0.15, 0.2) is 0 Å². The third kappa shape index (κ3) is 7.37. The normalized spacial score (nSPS) is 12.5. The van der Waals surface area contributed by atoms with Crippen molar-refractivity contribution >= 4 is 6.09 Å². The standard InChI is InChI=1S/C10H19NO2/c1-6-8(2)7-11-9(12)13-10(3,4)5/h7H,6H2,1-5H3,(H,11,12)/b8-7+. The van der Waals surface area contributed by atoms with Gasteiger partial charge in [-0.15, -0.1) is 0 Å². The van der Waals surface area contributed by atoms with Gasteiger partial charge in [-0.25, -0.2) is 4.79 Å². The Hall–Kier alpha value is -0.990. The Morgan fingerprint density at radius 3 is 2.38 bits per heavy atom. The lowest BCUT2D eigenvalue weighted by molar-refractivity contribution is 0.0552. The van der Waals surface area contributed by atoms with E-state index in [0.717, 1.165) is 12.0 Å².